The second-order valence-electron chi connectivity index (χ2n) is 5.85. The molecule has 2 heterocycles. The van der Waals surface area contributed by atoms with Gasteiger partial charge >= 0.3 is 12.0 Å². The van der Waals surface area contributed by atoms with Gasteiger partial charge in [-0.2, -0.15) is 0 Å². The highest BCUT2D eigenvalue weighted by Gasteiger charge is 2.49. The largest absolute Gasteiger partial charge is 0.457 e. The summed E-state index contributed by atoms with van der Waals surface area (Å²) >= 11 is 1.44. The van der Waals surface area contributed by atoms with Crippen LogP contribution >= 0.6 is 11.3 Å². The summed E-state index contributed by atoms with van der Waals surface area (Å²) < 4.78 is 6.20. The minimum atomic E-state index is -0.912. The SMILES string of the molecule is CCC1(CC)NC(=O)N(CC(=O)OCc2nc3ccccc3s2)C1=O. The van der Waals surface area contributed by atoms with Crippen LogP contribution in [0.3, 0.4) is 0 Å². The average molecular weight is 361 g/mol. The molecule has 0 bridgehead atoms. The summed E-state index contributed by atoms with van der Waals surface area (Å²) in [6.45, 7) is 3.29. The molecule has 132 valence electrons. The molecule has 0 unspecified atom stereocenters. The Labute approximate surface area is 149 Å². The number of carbonyl (C=O) groups excluding carboxylic acids is 3. The third kappa shape index (κ3) is 3.21. The number of nitrogens with one attached hydrogen (secondary N) is 1. The molecule has 1 fully saturated rings. The van der Waals surface area contributed by atoms with Crippen molar-refractivity contribution in [1.29, 1.82) is 0 Å². The summed E-state index contributed by atoms with van der Waals surface area (Å²) in [5.41, 5.74) is -0.0620. The number of hydrogen-bond donors (Lipinski definition) is 1. The van der Waals surface area contributed by atoms with Crippen molar-refractivity contribution < 1.29 is 19.1 Å². The lowest BCUT2D eigenvalue weighted by Gasteiger charge is -2.22. The Balaban J connectivity index is 1.61. The van der Waals surface area contributed by atoms with Gasteiger partial charge in [0.05, 0.1) is 10.2 Å². The molecule has 8 heteroatoms. The first kappa shape index (κ1) is 17.3. The molecule has 1 aromatic heterocycles. The van der Waals surface area contributed by atoms with Crippen LogP contribution in [0.25, 0.3) is 10.2 Å². The molecule has 2 aromatic rings. The standard InChI is InChI=1S/C17H19N3O4S/c1-3-17(4-2)15(22)20(16(23)19-17)9-14(21)24-10-13-18-11-7-5-6-8-12(11)25-13/h5-8H,3-4,9-10H2,1-2H3,(H,19,23). The van der Waals surface area contributed by atoms with Crippen LogP contribution in [0.4, 0.5) is 4.79 Å². The number of imide groups is 1. The van der Waals surface area contributed by atoms with E-state index in [-0.39, 0.29) is 12.5 Å². The van der Waals surface area contributed by atoms with E-state index in [2.05, 4.69) is 10.3 Å². The number of aromatic nitrogens is 1. The zero-order valence-electron chi connectivity index (χ0n) is 14.1. The van der Waals surface area contributed by atoms with Gasteiger partial charge in [0.1, 0.15) is 23.7 Å². The van der Waals surface area contributed by atoms with Crippen molar-refractivity contribution in [3.63, 3.8) is 0 Å². The Kier molecular flexibility index (Phi) is 4.71. The third-order valence-corrected chi connectivity index (χ3v) is 5.44. The normalized spacial score (nSPS) is 16.3. The number of hydrogen-bond acceptors (Lipinski definition) is 6. The minimum Gasteiger partial charge on any atom is -0.457 e. The van der Waals surface area contributed by atoms with Crippen LogP contribution in [-0.4, -0.2) is 39.9 Å². The Morgan fingerprint density at radius 3 is 2.64 bits per heavy atom. The Morgan fingerprint density at radius 2 is 2.00 bits per heavy atom. The lowest BCUT2D eigenvalue weighted by atomic mass is 9.93. The van der Waals surface area contributed by atoms with Crippen LogP contribution in [0.5, 0.6) is 0 Å². The molecule has 1 aliphatic rings. The maximum atomic E-state index is 12.5. The van der Waals surface area contributed by atoms with E-state index in [1.54, 1.807) is 0 Å². The van der Waals surface area contributed by atoms with Crippen molar-refractivity contribution in [2.75, 3.05) is 6.54 Å². The van der Waals surface area contributed by atoms with Crippen molar-refractivity contribution in [3.8, 4) is 0 Å². The maximum Gasteiger partial charge on any atom is 0.326 e. The van der Waals surface area contributed by atoms with Crippen LogP contribution in [0.2, 0.25) is 0 Å². The fourth-order valence-corrected chi connectivity index (χ4v) is 3.73. The van der Waals surface area contributed by atoms with E-state index in [1.165, 1.54) is 11.3 Å². The maximum absolute atomic E-state index is 12.5. The lowest BCUT2D eigenvalue weighted by molar-refractivity contribution is -0.148. The monoisotopic (exact) mass is 361 g/mol. The van der Waals surface area contributed by atoms with E-state index >= 15 is 0 Å². The van der Waals surface area contributed by atoms with Gasteiger partial charge in [-0.1, -0.05) is 26.0 Å². The number of para-hydroxylation sites is 1. The van der Waals surface area contributed by atoms with Gasteiger partial charge in [-0.05, 0) is 25.0 Å². The van der Waals surface area contributed by atoms with Crippen LogP contribution in [0.1, 0.15) is 31.7 Å². The zero-order chi connectivity index (χ0) is 18.0. The van der Waals surface area contributed by atoms with E-state index in [1.807, 2.05) is 38.1 Å². The van der Waals surface area contributed by atoms with E-state index in [9.17, 15) is 14.4 Å². The van der Waals surface area contributed by atoms with Crippen molar-refractivity contribution in [1.82, 2.24) is 15.2 Å². The Bertz CT molecular complexity index is 795. The first-order valence-corrected chi connectivity index (χ1v) is 8.95. The molecule has 3 rings (SSSR count). The number of amides is 3. The molecular weight excluding hydrogens is 342 g/mol. The van der Waals surface area contributed by atoms with E-state index < -0.39 is 24.1 Å². The minimum absolute atomic E-state index is 0.0223. The fraction of sp³-hybridized carbons (Fsp3) is 0.412. The highest BCUT2D eigenvalue weighted by atomic mass is 32.1. The first-order chi connectivity index (χ1) is 12.0. The van der Waals surface area contributed by atoms with E-state index in [4.69, 9.17) is 4.74 Å². The van der Waals surface area contributed by atoms with Crippen molar-refractivity contribution in [2.24, 2.45) is 0 Å². The highest BCUT2D eigenvalue weighted by molar-refractivity contribution is 7.18. The van der Waals surface area contributed by atoms with Gasteiger partial charge in [0.15, 0.2) is 0 Å². The molecule has 7 nitrogen and oxygen atoms in total. The number of fused-ring (bicyclic) bond motifs is 1. The predicted octanol–water partition coefficient (Wildman–Crippen LogP) is 2.45. The number of urea groups is 1. The number of ether oxygens (including phenoxy) is 1. The smallest absolute Gasteiger partial charge is 0.326 e. The number of esters is 1. The quantitative estimate of drug-likeness (QED) is 0.631. The molecule has 1 aliphatic heterocycles. The topological polar surface area (TPSA) is 88.6 Å². The first-order valence-electron chi connectivity index (χ1n) is 8.13. The molecule has 0 aliphatic carbocycles. The van der Waals surface area contributed by atoms with Crippen molar-refractivity contribution >= 4 is 39.5 Å². The average Bonchev–Trinajstić information content (AvgIpc) is 3.14. The second kappa shape index (κ2) is 6.79. The molecule has 1 aromatic carbocycles. The third-order valence-electron chi connectivity index (χ3n) is 4.44. The summed E-state index contributed by atoms with van der Waals surface area (Å²) in [5.74, 6) is -1.01. The summed E-state index contributed by atoms with van der Waals surface area (Å²) in [7, 11) is 0. The molecule has 1 N–H and O–H groups in total. The number of rotatable bonds is 6. The molecular formula is C17H19N3O4S. The molecule has 0 radical (unpaired) electrons. The van der Waals surface area contributed by atoms with Crippen LogP contribution in [0, 0.1) is 0 Å². The summed E-state index contributed by atoms with van der Waals surface area (Å²) in [6, 6.07) is 7.09. The highest BCUT2D eigenvalue weighted by Crippen LogP contribution is 2.25. The van der Waals surface area contributed by atoms with Crippen molar-refractivity contribution in [3.05, 3.63) is 29.3 Å². The zero-order valence-corrected chi connectivity index (χ0v) is 14.9. The molecule has 25 heavy (non-hydrogen) atoms. The van der Waals surface area contributed by atoms with Gasteiger partial charge in [-0.15, -0.1) is 11.3 Å². The number of thiazole rings is 1. The van der Waals surface area contributed by atoms with E-state index in [0.717, 1.165) is 15.1 Å². The predicted molar refractivity (Wildman–Crippen MR) is 93.0 cm³/mol. The molecule has 0 spiro atoms. The van der Waals surface area contributed by atoms with Crippen LogP contribution in [0.15, 0.2) is 24.3 Å². The van der Waals surface area contributed by atoms with Crippen LogP contribution in [-0.2, 0) is 20.9 Å². The molecule has 3 amide bonds. The fourth-order valence-electron chi connectivity index (χ4n) is 2.85. The summed E-state index contributed by atoms with van der Waals surface area (Å²) in [6.07, 6.45) is 0.955. The molecule has 0 saturated carbocycles. The van der Waals surface area contributed by atoms with E-state index in [0.29, 0.717) is 17.8 Å². The van der Waals surface area contributed by atoms with Crippen molar-refractivity contribution in [2.45, 2.75) is 38.8 Å². The number of benzene rings is 1. The number of carbonyl (C=O) groups is 3. The Hall–Kier alpha value is -2.48. The lowest BCUT2D eigenvalue weighted by Crippen LogP contribution is -2.46. The second-order valence-corrected chi connectivity index (χ2v) is 6.96. The van der Waals surface area contributed by atoms with Gasteiger partial charge < -0.3 is 10.1 Å². The van der Waals surface area contributed by atoms with Gasteiger partial charge in [-0.3, -0.25) is 14.5 Å². The van der Waals surface area contributed by atoms with Gasteiger partial charge in [-0.25, -0.2) is 9.78 Å². The van der Waals surface area contributed by atoms with Gasteiger partial charge in [0.2, 0.25) is 0 Å². The van der Waals surface area contributed by atoms with Gasteiger partial charge in [0.25, 0.3) is 5.91 Å². The van der Waals surface area contributed by atoms with Crippen LogP contribution < -0.4 is 5.32 Å². The summed E-state index contributed by atoms with van der Waals surface area (Å²) in [5, 5.41) is 3.35. The molecule has 1 saturated heterocycles. The number of nitrogens with zero attached hydrogens (tertiary/aromatic N) is 2. The summed E-state index contributed by atoms with van der Waals surface area (Å²) in [4.78, 5) is 41.8. The molecule has 0 atom stereocenters. The van der Waals surface area contributed by atoms with Gasteiger partial charge in [0, 0.05) is 0 Å². The Morgan fingerprint density at radius 1 is 1.28 bits per heavy atom.